The number of hydrogen-bond acceptors (Lipinski definition) is 7. The van der Waals surface area contributed by atoms with Crippen LogP contribution < -0.4 is 16.6 Å². The van der Waals surface area contributed by atoms with Crippen LogP contribution in [0.3, 0.4) is 0 Å². The van der Waals surface area contributed by atoms with Gasteiger partial charge in [-0.25, -0.2) is 19.9 Å². The summed E-state index contributed by atoms with van der Waals surface area (Å²) in [7, 11) is 1.70. The number of nitrogens with two attached hydrogens (primary N) is 1. The van der Waals surface area contributed by atoms with Crippen molar-refractivity contribution in [1.82, 2.24) is 24.5 Å². The molecule has 0 aromatic carbocycles. The Morgan fingerprint density at radius 1 is 1.07 bits per heavy atom. The first-order valence-electron chi connectivity index (χ1n) is 9.70. The standard InChI is InChI=1S/C22H23N7O/c1-13(2)27-22-26-12-17(21(30)29(22)3)18-5-4-16-9-15(11-25-20(16)28-18)8-14-6-7-24-19(23)10-14/h4-7,9-13H,8H2,1-3H3,(H2,23,24)(H,26,27). The Morgan fingerprint density at radius 3 is 2.67 bits per heavy atom. The van der Waals surface area contributed by atoms with Gasteiger partial charge in [-0.05, 0) is 61.7 Å². The first-order chi connectivity index (χ1) is 14.4. The fourth-order valence-corrected chi connectivity index (χ4v) is 3.26. The smallest absolute Gasteiger partial charge is 0.264 e. The molecule has 8 heteroatoms. The van der Waals surface area contributed by atoms with Gasteiger partial charge in [-0.3, -0.25) is 9.36 Å². The monoisotopic (exact) mass is 401 g/mol. The largest absolute Gasteiger partial charge is 0.384 e. The van der Waals surface area contributed by atoms with Crippen molar-refractivity contribution in [3.05, 3.63) is 70.4 Å². The topological polar surface area (TPSA) is 112 Å². The van der Waals surface area contributed by atoms with E-state index in [2.05, 4.69) is 25.3 Å². The molecule has 0 saturated heterocycles. The third kappa shape index (κ3) is 3.98. The second-order valence-electron chi connectivity index (χ2n) is 7.51. The van der Waals surface area contributed by atoms with Crippen molar-refractivity contribution in [2.45, 2.75) is 26.3 Å². The van der Waals surface area contributed by atoms with E-state index < -0.39 is 0 Å². The van der Waals surface area contributed by atoms with E-state index in [-0.39, 0.29) is 11.6 Å². The Labute approximate surface area is 173 Å². The van der Waals surface area contributed by atoms with Crippen molar-refractivity contribution in [2.24, 2.45) is 7.05 Å². The summed E-state index contributed by atoms with van der Waals surface area (Å²) in [6.45, 7) is 3.99. The van der Waals surface area contributed by atoms with Crippen LogP contribution in [0.1, 0.15) is 25.0 Å². The normalized spacial score (nSPS) is 11.2. The van der Waals surface area contributed by atoms with Gasteiger partial charge < -0.3 is 11.1 Å². The van der Waals surface area contributed by atoms with Crippen molar-refractivity contribution in [3.8, 4) is 11.3 Å². The van der Waals surface area contributed by atoms with Crippen LogP contribution in [-0.4, -0.2) is 30.5 Å². The van der Waals surface area contributed by atoms with E-state index in [4.69, 9.17) is 5.73 Å². The summed E-state index contributed by atoms with van der Waals surface area (Å²) in [6.07, 6.45) is 5.75. The third-order valence-corrected chi connectivity index (χ3v) is 4.72. The SMILES string of the molecule is CC(C)Nc1ncc(-c2ccc3cc(Cc4ccnc(N)c4)cnc3n2)c(=O)n1C. The summed E-state index contributed by atoms with van der Waals surface area (Å²) in [5, 5.41) is 4.06. The van der Waals surface area contributed by atoms with Crippen LogP contribution in [0, 0.1) is 0 Å². The highest BCUT2D eigenvalue weighted by Gasteiger charge is 2.12. The van der Waals surface area contributed by atoms with Crippen LogP contribution in [-0.2, 0) is 13.5 Å². The molecule has 0 spiro atoms. The van der Waals surface area contributed by atoms with Gasteiger partial charge in [-0.1, -0.05) is 0 Å². The van der Waals surface area contributed by atoms with E-state index in [0.717, 1.165) is 16.5 Å². The van der Waals surface area contributed by atoms with Crippen molar-refractivity contribution in [3.63, 3.8) is 0 Å². The van der Waals surface area contributed by atoms with Crippen molar-refractivity contribution >= 4 is 22.8 Å². The van der Waals surface area contributed by atoms with Crippen LogP contribution in [0.25, 0.3) is 22.3 Å². The maximum Gasteiger partial charge on any atom is 0.264 e. The second-order valence-corrected chi connectivity index (χ2v) is 7.51. The van der Waals surface area contributed by atoms with Gasteiger partial charge in [0.2, 0.25) is 5.95 Å². The minimum absolute atomic E-state index is 0.160. The zero-order valence-corrected chi connectivity index (χ0v) is 17.1. The molecule has 0 saturated carbocycles. The summed E-state index contributed by atoms with van der Waals surface area (Å²) in [6, 6.07) is 9.76. The molecule has 0 aliphatic rings. The summed E-state index contributed by atoms with van der Waals surface area (Å²) in [5.74, 6) is 1.02. The maximum atomic E-state index is 12.8. The van der Waals surface area contributed by atoms with Crippen LogP contribution in [0.5, 0.6) is 0 Å². The quantitative estimate of drug-likeness (QED) is 0.529. The van der Waals surface area contributed by atoms with Crippen LogP contribution in [0.4, 0.5) is 11.8 Å². The fraction of sp³-hybridized carbons (Fsp3) is 0.227. The lowest BCUT2D eigenvalue weighted by Crippen LogP contribution is -2.25. The van der Waals surface area contributed by atoms with E-state index in [1.54, 1.807) is 25.6 Å². The first-order valence-corrected chi connectivity index (χ1v) is 9.70. The Hall–Kier alpha value is -3.81. The number of pyridine rings is 3. The molecule has 0 bridgehead atoms. The van der Waals surface area contributed by atoms with E-state index in [1.807, 2.05) is 44.2 Å². The summed E-state index contributed by atoms with van der Waals surface area (Å²) >= 11 is 0. The van der Waals surface area contributed by atoms with Crippen LogP contribution in [0.2, 0.25) is 0 Å². The Kier molecular flexibility index (Phi) is 5.14. The molecule has 8 nitrogen and oxygen atoms in total. The Balaban J connectivity index is 1.66. The van der Waals surface area contributed by atoms with Gasteiger partial charge in [-0.15, -0.1) is 0 Å². The number of nitrogens with one attached hydrogen (secondary N) is 1. The van der Waals surface area contributed by atoms with Gasteiger partial charge in [0.25, 0.3) is 5.56 Å². The molecule has 3 N–H and O–H groups in total. The van der Waals surface area contributed by atoms with Gasteiger partial charge in [0, 0.05) is 37.1 Å². The first kappa shape index (κ1) is 19.5. The highest BCUT2D eigenvalue weighted by Crippen LogP contribution is 2.20. The van der Waals surface area contributed by atoms with Gasteiger partial charge in [0.05, 0.1) is 11.3 Å². The zero-order chi connectivity index (χ0) is 21.3. The van der Waals surface area contributed by atoms with Gasteiger partial charge in [-0.2, -0.15) is 0 Å². The molecule has 0 aliphatic heterocycles. The van der Waals surface area contributed by atoms with Gasteiger partial charge >= 0.3 is 0 Å². The molecule has 4 rings (SSSR count). The van der Waals surface area contributed by atoms with Crippen molar-refractivity contribution in [1.29, 1.82) is 0 Å². The zero-order valence-electron chi connectivity index (χ0n) is 17.1. The molecule has 4 aromatic heterocycles. The number of rotatable bonds is 5. The number of fused-ring (bicyclic) bond motifs is 1. The molecule has 4 aromatic rings. The molecular formula is C22H23N7O. The average Bonchev–Trinajstić information content (AvgIpc) is 2.71. The maximum absolute atomic E-state index is 12.8. The lowest BCUT2D eigenvalue weighted by molar-refractivity contribution is 0.787. The van der Waals surface area contributed by atoms with E-state index in [0.29, 0.717) is 35.1 Å². The minimum Gasteiger partial charge on any atom is -0.384 e. The molecule has 30 heavy (non-hydrogen) atoms. The molecule has 0 fully saturated rings. The van der Waals surface area contributed by atoms with Crippen LogP contribution in [0.15, 0.2) is 53.7 Å². The van der Waals surface area contributed by atoms with E-state index >= 15 is 0 Å². The van der Waals surface area contributed by atoms with Crippen molar-refractivity contribution in [2.75, 3.05) is 11.1 Å². The number of nitrogen functional groups attached to an aromatic ring is 1. The predicted molar refractivity (Wildman–Crippen MR) is 118 cm³/mol. The second kappa shape index (κ2) is 7.90. The number of nitrogens with zero attached hydrogens (tertiary/aromatic N) is 5. The fourth-order valence-electron chi connectivity index (χ4n) is 3.26. The molecule has 0 unspecified atom stereocenters. The highest BCUT2D eigenvalue weighted by molar-refractivity contribution is 5.78. The van der Waals surface area contributed by atoms with E-state index in [1.165, 1.54) is 4.57 Å². The average molecular weight is 401 g/mol. The lowest BCUT2D eigenvalue weighted by atomic mass is 10.1. The molecule has 0 aliphatic carbocycles. The molecule has 0 atom stereocenters. The van der Waals surface area contributed by atoms with Crippen molar-refractivity contribution < 1.29 is 0 Å². The molecule has 0 amide bonds. The molecule has 0 radical (unpaired) electrons. The summed E-state index contributed by atoms with van der Waals surface area (Å²) in [5.41, 5.74) is 9.28. The third-order valence-electron chi connectivity index (χ3n) is 4.72. The molecule has 4 heterocycles. The highest BCUT2D eigenvalue weighted by atomic mass is 16.1. The van der Waals surface area contributed by atoms with Gasteiger partial charge in [0.15, 0.2) is 5.65 Å². The number of anilines is 2. The summed E-state index contributed by atoms with van der Waals surface area (Å²) < 4.78 is 1.50. The lowest BCUT2D eigenvalue weighted by Gasteiger charge is -2.13. The Bertz CT molecular complexity index is 1280. The van der Waals surface area contributed by atoms with E-state index in [9.17, 15) is 4.79 Å². The molecule has 152 valence electrons. The minimum atomic E-state index is -0.160. The predicted octanol–water partition coefficient (Wildman–Crippen LogP) is 2.78. The number of hydrogen-bond donors (Lipinski definition) is 2. The number of aromatic nitrogens is 5. The van der Waals surface area contributed by atoms with Crippen LogP contribution >= 0.6 is 0 Å². The Morgan fingerprint density at radius 2 is 1.90 bits per heavy atom. The van der Waals surface area contributed by atoms with Gasteiger partial charge in [0.1, 0.15) is 5.82 Å². The molecular weight excluding hydrogens is 378 g/mol. The summed E-state index contributed by atoms with van der Waals surface area (Å²) in [4.78, 5) is 30.3.